The van der Waals surface area contributed by atoms with E-state index < -0.39 is 23.4 Å². The van der Waals surface area contributed by atoms with E-state index in [1.165, 1.54) is 17.0 Å². The van der Waals surface area contributed by atoms with Gasteiger partial charge in [0, 0.05) is 5.69 Å². The highest BCUT2D eigenvalue weighted by molar-refractivity contribution is 6.12. The summed E-state index contributed by atoms with van der Waals surface area (Å²) in [5.41, 5.74) is 2.39. The minimum atomic E-state index is -0.772. The van der Waals surface area contributed by atoms with Crippen LogP contribution in [0.3, 0.4) is 0 Å². The molecule has 5 rings (SSSR count). The number of esters is 2. The van der Waals surface area contributed by atoms with E-state index >= 15 is 0 Å². The fourth-order valence-electron chi connectivity index (χ4n) is 4.89. The second-order valence-electron chi connectivity index (χ2n) is 12.3. The fraction of sp³-hybridized carbons (Fsp3) is 0.195. The number of para-hydroxylation sites is 1. The van der Waals surface area contributed by atoms with Crippen molar-refractivity contribution in [1.29, 1.82) is 0 Å². The number of carbonyl (C=O) groups excluding carboxylic acids is 3. The van der Waals surface area contributed by atoms with Crippen LogP contribution in [-0.4, -0.2) is 30.0 Å². The van der Waals surface area contributed by atoms with Crippen LogP contribution < -0.4 is 14.4 Å². The Hall–Kier alpha value is -5.89. The number of carbonyl (C=O) groups is 3. The summed E-state index contributed by atoms with van der Waals surface area (Å²) in [6, 6.07) is 40.0. The monoisotopic (exact) mass is 657 g/mol. The van der Waals surface area contributed by atoms with Crippen LogP contribution in [-0.2, 0) is 34.1 Å². The van der Waals surface area contributed by atoms with E-state index in [9.17, 15) is 14.4 Å². The first-order chi connectivity index (χ1) is 23.7. The largest absolute Gasteiger partial charge is 0.488 e. The van der Waals surface area contributed by atoms with Crippen molar-refractivity contribution in [3.8, 4) is 11.5 Å². The van der Waals surface area contributed by atoms with Gasteiger partial charge in [-0.05, 0) is 61.7 Å². The molecule has 0 unspecified atom stereocenters. The van der Waals surface area contributed by atoms with Gasteiger partial charge >= 0.3 is 11.9 Å². The Bertz CT molecular complexity index is 1770. The summed E-state index contributed by atoms with van der Waals surface area (Å²) in [5.74, 6) is -1.60. The van der Waals surface area contributed by atoms with Gasteiger partial charge in [0.25, 0.3) is 5.91 Å². The van der Waals surface area contributed by atoms with Gasteiger partial charge < -0.3 is 18.9 Å². The lowest BCUT2D eigenvalue weighted by Crippen LogP contribution is -2.37. The number of hydrogen-bond donors (Lipinski definition) is 0. The summed E-state index contributed by atoms with van der Waals surface area (Å²) in [7, 11) is 0. The molecule has 8 heteroatoms. The molecule has 5 aromatic rings. The Morgan fingerprint density at radius 1 is 0.592 bits per heavy atom. The highest BCUT2D eigenvalue weighted by Gasteiger charge is 2.30. The predicted molar refractivity (Wildman–Crippen MR) is 188 cm³/mol. The highest BCUT2D eigenvalue weighted by Crippen LogP contribution is 2.35. The first-order valence-corrected chi connectivity index (χ1v) is 16.0. The second-order valence-corrected chi connectivity index (χ2v) is 12.3. The third-order valence-electron chi connectivity index (χ3n) is 7.23. The van der Waals surface area contributed by atoms with E-state index in [4.69, 9.17) is 18.9 Å². The number of rotatable bonds is 13. The molecule has 0 bridgehead atoms. The number of nitrogens with zero attached hydrogens (tertiary/aromatic N) is 1. The van der Waals surface area contributed by atoms with Gasteiger partial charge in [-0.1, -0.05) is 109 Å². The van der Waals surface area contributed by atoms with Crippen LogP contribution in [0, 0.1) is 0 Å². The molecular weight excluding hydrogens is 618 g/mol. The highest BCUT2D eigenvalue weighted by atomic mass is 16.6. The number of benzene rings is 5. The number of ether oxygens (including phenoxy) is 4. The van der Waals surface area contributed by atoms with Crippen LogP contribution in [0.2, 0.25) is 0 Å². The van der Waals surface area contributed by atoms with Gasteiger partial charge in [-0.2, -0.15) is 0 Å². The summed E-state index contributed by atoms with van der Waals surface area (Å²) < 4.78 is 23.9. The maximum atomic E-state index is 14.8. The van der Waals surface area contributed by atoms with Crippen molar-refractivity contribution in [3.63, 3.8) is 0 Å². The lowest BCUT2D eigenvalue weighted by Gasteiger charge is -2.25. The third kappa shape index (κ3) is 10.0. The Labute approximate surface area is 286 Å². The third-order valence-corrected chi connectivity index (χ3v) is 7.23. The van der Waals surface area contributed by atoms with Crippen LogP contribution in [0.15, 0.2) is 133 Å². The topological polar surface area (TPSA) is 91.4 Å². The van der Waals surface area contributed by atoms with Crippen molar-refractivity contribution in [2.45, 2.75) is 46.2 Å². The van der Waals surface area contributed by atoms with Gasteiger partial charge in [0.2, 0.25) is 0 Å². The smallest absolute Gasteiger partial charge is 0.338 e. The predicted octanol–water partition coefficient (Wildman–Crippen LogP) is 8.19. The summed E-state index contributed by atoms with van der Waals surface area (Å²) in [6.07, 6.45) is 0. The molecule has 0 saturated heterocycles. The minimum Gasteiger partial charge on any atom is -0.488 e. The molecule has 0 atom stereocenters. The number of hydrogen-bond acceptors (Lipinski definition) is 7. The van der Waals surface area contributed by atoms with E-state index in [2.05, 4.69) is 0 Å². The summed E-state index contributed by atoms with van der Waals surface area (Å²) >= 11 is 0. The molecule has 0 fully saturated rings. The molecule has 0 N–H and O–H groups in total. The Morgan fingerprint density at radius 3 is 1.47 bits per heavy atom. The zero-order valence-electron chi connectivity index (χ0n) is 27.8. The van der Waals surface area contributed by atoms with Crippen LogP contribution >= 0.6 is 0 Å². The van der Waals surface area contributed by atoms with Gasteiger partial charge in [-0.25, -0.2) is 4.79 Å². The first-order valence-electron chi connectivity index (χ1n) is 16.0. The van der Waals surface area contributed by atoms with E-state index in [1.807, 2.05) is 97.1 Å². The van der Waals surface area contributed by atoms with Gasteiger partial charge in [-0.3, -0.25) is 14.5 Å². The Balaban J connectivity index is 1.57. The molecule has 0 saturated carbocycles. The zero-order valence-corrected chi connectivity index (χ0v) is 27.8. The Kier molecular flexibility index (Phi) is 11.4. The lowest BCUT2D eigenvalue weighted by molar-refractivity contribution is -0.143. The van der Waals surface area contributed by atoms with Crippen molar-refractivity contribution in [1.82, 2.24) is 0 Å². The maximum Gasteiger partial charge on any atom is 0.338 e. The molecule has 8 nitrogen and oxygen atoms in total. The average Bonchev–Trinajstić information content (AvgIpc) is 3.11. The zero-order chi connectivity index (χ0) is 34.6. The van der Waals surface area contributed by atoms with Crippen LogP contribution in [0.25, 0.3) is 0 Å². The van der Waals surface area contributed by atoms with Gasteiger partial charge in [-0.15, -0.1) is 0 Å². The molecular formula is C41H39NO7. The molecule has 0 aliphatic heterocycles. The van der Waals surface area contributed by atoms with E-state index in [0.717, 1.165) is 16.7 Å². The van der Waals surface area contributed by atoms with E-state index in [1.54, 1.807) is 45.0 Å². The van der Waals surface area contributed by atoms with E-state index in [-0.39, 0.29) is 49.0 Å². The summed E-state index contributed by atoms with van der Waals surface area (Å²) in [6.45, 7) is 5.19. The van der Waals surface area contributed by atoms with Crippen molar-refractivity contribution < 1.29 is 33.3 Å². The van der Waals surface area contributed by atoms with Crippen LogP contribution in [0.4, 0.5) is 5.69 Å². The normalized spacial score (nSPS) is 10.9. The van der Waals surface area contributed by atoms with Gasteiger partial charge in [0.15, 0.2) is 0 Å². The minimum absolute atomic E-state index is 0.0406. The molecule has 0 radical (unpaired) electrons. The molecule has 250 valence electrons. The molecule has 0 spiro atoms. The molecule has 1 amide bonds. The average molecular weight is 658 g/mol. The van der Waals surface area contributed by atoms with Crippen molar-refractivity contribution in [2.75, 3.05) is 11.4 Å². The molecule has 49 heavy (non-hydrogen) atoms. The first kappa shape index (κ1) is 34.4. The van der Waals surface area contributed by atoms with Crippen molar-refractivity contribution in [2.24, 2.45) is 0 Å². The maximum absolute atomic E-state index is 14.8. The van der Waals surface area contributed by atoms with Crippen LogP contribution in [0.5, 0.6) is 11.5 Å². The Morgan fingerprint density at radius 2 is 1.02 bits per heavy atom. The quantitative estimate of drug-likeness (QED) is 0.118. The summed E-state index contributed by atoms with van der Waals surface area (Å²) in [5, 5.41) is 0. The van der Waals surface area contributed by atoms with Gasteiger partial charge in [0.05, 0.1) is 5.56 Å². The van der Waals surface area contributed by atoms with Crippen molar-refractivity contribution >= 4 is 23.5 Å². The molecule has 0 aromatic heterocycles. The molecule has 5 aromatic carbocycles. The van der Waals surface area contributed by atoms with E-state index in [0.29, 0.717) is 5.69 Å². The fourth-order valence-corrected chi connectivity index (χ4v) is 4.89. The second kappa shape index (κ2) is 16.3. The van der Waals surface area contributed by atoms with Crippen LogP contribution in [0.1, 0.15) is 58.2 Å². The van der Waals surface area contributed by atoms with Gasteiger partial charge in [0.1, 0.15) is 49.0 Å². The SMILES string of the molecule is CC(C)(C)OC(=O)c1cc(OCc2ccccc2)c(C(=O)N(CC(=O)OCc2ccccc2)c2ccccc2)c(OCc2ccccc2)c1. The standard InChI is InChI=1S/C41H39NO7/c1-41(2,3)49-40(45)33-24-35(46-27-30-16-8-4-9-17-30)38(36(25-33)47-28-31-18-10-5-11-19-31)39(44)42(34-22-14-7-15-23-34)26-37(43)48-29-32-20-12-6-13-21-32/h4-25H,26-29H2,1-3H3. The molecule has 0 aliphatic rings. The molecule has 0 heterocycles. The lowest BCUT2D eigenvalue weighted by atomic mass is 10.1. The molecule has 0 aliphatic carbocycles. The summed E-state index contributed by atoms with van der Waals surface area (Å²) in [4.78, 5) is 42.7. The number of anilines is 1. The van der Waals surface area contributed by atoms with Crippen molar-refractivity contribution in [3.05, 3.63) is 161 Å². The number of amides is 1.